The standard InChI is InChI=1S/C20H21FN6O/c1-22-20-23-9-15(10-24-20)19(28)27-8-2-3-14(12-27)18-17(11-25-26-18)13-4-6-16(21)7-5-13/h4-7,9-11,14H,2-3,8,12H2,1H3,(H,25,26)(H,22,23,24)/t14-/m1/s1. The number of H-pyrrole nitrogens is 1. The summed E-state index contributed by atoms with van der Waals surface area (Å²) in [6.07, 6.45) is 6.70. The first-order valence-electron chi connectivity index (χ1n) is 9.24. The summed E-state index contributed by atoms with van der Waals surface area (Å²) < 4.78 is 13.3. The first-order valence-corrected chi connectivity index (χ1v) is 9.24. The number of likely N-dealkylation sites (tertiary alicyclic amines) is 1. The van der Waals surface area contributed by atoms with Crippen LogP contribution in [0, 0.1) is 5.82 Å². The van der Waals surface area contributed by atoms with Gasteiger partial charge in [0.25, 0.3) is 5.91 Å². The van der Waals surface area contributed by atoms with Crippen LogP contribution in [0.3, 0.4) is 0 Å². The smallest absolute Gasteiger partial charge is 0.257 e. The van der Waals surface area contributed by atoms with E-state index in [1.807, 2.05) is 4.90 Å². The number of amides is 1. The van der Waals surface area contributed by atoms with E-state index >= 15 is 0 Å². The van der Waals surface area contributed by atoms with Crippen molar-refractivity contribution in [2.75, 3.05) is 25.5 Å². The van der Waals surface area contributed by atoms with Crippen LogP contribution in [0.25, 0.3) is 11.1 Å². The van der Waals surface area contributed by atoms with Crippen molar-refractivity contribution in [3.8, 4) is 11.1 Å². The van der Waals surface area contributed by atoms with Gasteiger partial charge in [-0.3, -0.25) is 9.89 Å². The fraction of sp³-hybridized carbons (Fsp3) is 0.300. The van der Waals surface area contributed by atoms with Crippen molar-refractivity contribution in [3.63, 3.8) is 0 Å². The minimum Gasteiger partial charge on any atom is -0.357 e. The van der Waals surface area contributed by atoms with E-state index in [-0.39, 0.29) is 17.6 Å². The molecule has 8 heteroatoms. The Hall–Kier alpha value is -3.29. The van der Waals surface area contributed by atoms with E-state index in [2.05, 4.69) is 25.5 Å². The van der Waals surface area contributed by atoms with Gasteiger partial charge >= 0.3 is 0 Å². The lowest BCUT2D eigenvalue weighted by Gasteiger charge is -2.32. The van der Waals surface area contributed by atoms with Crippen molar-refractivity contribution >= 4 is 11.9 Å². The summed E-state index contributed by atoms with van der Waals surface area (Å²) in [7, 11) is 1.73. The SMILES string of the molecule is CNc1ncc(C(=O)N2CCC[C@@H](c3[nH]ncc3-c3ccc(F)cc3)C2)cn1. The molecule has 0 radical (unpaired) electrons. The molecule has 7 nitrogen and oxygen atoms in total. The van der Waals surface area contributed by atoms with Crippen LogP contribution >= 0.6 is 0 Å². The summed E-state index contributed by atoms with van der Waals surface area (Å²) in [5.74, 6) is 0.275. The molecule has 3 heterocycles. The Kier molecular flexibility index (Phi) is 5.01. The van der Waals surface area contributed by atoms with Crippen molar-refractivity contribution in [2.45, 2.75) is 18.8 Å². The van der Waals surface area contributed by atoms with Crippen LogP contribution in [0.1, 0.15) is 34.8 Å². The van der Waals surface area contributed by atoms with E-state index in [1.165, 1.54) is 12.1 Å². The van der Waals surface area contributed by atoms with Gasteiger partial charge in [-0.05, 0) is 30.5 Å². The summed E-state index contributed by atoms with van der Waals surface area (Å²) in [6.45, 7) is 1.28. The van der Waals surface area contributed by atoms with E-state index in [4.69, 9.17) is 0 Å². The monoisotopic (exact) mass is 380 g/mol. The predicted molar refractivity (Wildman–Crippen MR) is 103 cm³/mol. The number of piperidine rings is 1. The van der Waals surface area contributed by atoms with Crippen LogP contribution in [0.2, 0.25) is 0 Å². The molecule has 1 aromatic carbocycles. The summed E-state index contributed by atoms with van der Waals surface area (Å²) in [5, 5.41) is 10.1. The number of hydrogen-bond acceptors (Lipinski definition) is 5. The molecule has 0 aliphatic carbocycles. The van der Waals surface area contributed by atoms with E-state index in [1.54, 1.807) is 37.8 Å². The van der Waals surface area contributed by atoms with Crippen molar-refractivity contribution < 1.29 is 9.18 Å². The van der Waals surface area contributed by atoms with Crippen molar-refractivity contribution in [1.29, 1.82) is 0 Å². The largest absolute Gasteiger partial charge is 0.357 e. The van der Waals surface area contributed by atoms with Crippen LogP contribution in [0.5, 0.6) is 0 Å². The number of hydrogen-bond donors (Lipinski definition) is 2. The number of nitrogens with zero attached hydrogens (tertiary/aromatic N) is 4. The molecule has 3 aromatic rings. The van der Waals surface area contributed by atoms with Gasteiger partial charge < -0.3 is 10.2 Å². The summed E-state index contributed by atoms with van der Waals surface area (Å²) in [5.41, 5.74) is 3.31. The number of rotatable bonds is 4. The molecule has 0 spiro atoms. The second-order valence-corrected chi connectivity index (χ2v) is 6.84. The molecule has 1 aliphatic heterocycles. The molecular formula is C20H21FN6O. The number of anilines is 1. The lowest BCUT2D eigenvalue weighted by Crippen LogP contribution is -2.39. The Morgan fingerprint density at radius 3 is 2.68 bits per heavy atom. The number of aromatic nitrogens is 4. The molecule has 1 fully saturated rings. The van der Waals surface area contributed by atoms with Crippen molar-refractivity contribution in [3.05, 3.63) is 59.9 Å². The molecule has 0 unspecified atom stereocenters. The maximum Gasteiger partial charge on any atom is 0.257 e. The van der Waals surface area contributed by atoms with Crippen LogP contribution in [-0.2, 0) is 0 Å². The molecule has 28 heavy (non-hydrogen) atoms. The average Bonchev–Trinajstić information content (AvgIpc) is 3.24. The Morgan fingerprint density at radius 2 is 1.96 bits per heavy atom. The maximum atomic E-state index is 13.3. The third kappa shape index (κ3) is 3.58. The highest BCUT2D eigenvalue weighted by Gasteiger charge is 2.28. The Bertz CT molecular complexity index is 954. The highest BCUT2D eigenvalue weighted by molar-refractivity contribution is 5.93. The van der Waals surface area contributed by atoms with Gasteiger partial charge in [0.05, 0.1) is 11.8 Å². The lowest BCUT2D eigenvalue weighted by atomic mass is 9.90. The van der Waals surface area contributed by atoms with Gasteiger partial charge in [0.1, 0.15) is 5.82 Å². The van der Waals surface area contributed by atoms with Crippen molar-refractivity contribution in [2.24, 2.45) is 0 Å². The number of benzene rings is 1. The zero-order valence-corrected chi connectivity index (χ0v) is 15.5. The molecule has 0 bridgehead atoms. The molecule has 1 saturated heterocycles. The zero-order chi connectivity index (χ0) is 19.5. The maximum absolute atomic E-state index is 13.3. The number of aromatic amines is 1. The number of carbonyl (C=O) groups is 1. The summed E-state index contributed by atoms with van der Waals surface area (Å²) in [6, 6.07) is 6.38. The lowest BCUT2D eigenvalue weighted by molar-refractivity contribution is 0.0705. The molecule has 1 aliphatic rings. The third-order valence-corrected chi connectivity index (χ3v) is 5.06. The first kappa shape index (κ1) is 18.1. The minimum atomic E-state index is -0.269. The normalized spacial score (nSPS) is 16.8. The van der Waals surface area contributed by atoms with Gasteiger partial charge in [-0.1, -0.05) is 12.1 Å². The van der Waals surface area contributed by atoms with E-state index < -0.39 is 0 Å². The molecule has 2 aromatic heterocycles. The van der Waals surface area contributed by atoms with Gasteiger partial charge in [0.15, 0.2) is 0 Å². The van der Waals surface area contributed by atoms with E-state index in [0.29, 0.717) is 24.6 Å². The number of carbonyl (C=O) groups excluding carboxylic acids is 1. The molecule has 4 rings (SSSR count). The van der Waals surface area contributed by atoms with Gasteiger partial charge in [0, 0.05) is 49.7 Å². The minimum absolute atomic E-state index is 0.0739. The fourth-order valence-corrected chi connectivity index (χ4v) is 3.61. The average molecular weight is 380 g/mol. The molecule has 0 saturated carbocycles. The predicted octanol–water partition coefficient (Wildman–Crippen LogP) is 3.07. The summed E-state index contributed by atoms with van der Waals surface area (Å²) >= 11 is 0. The van der Waals surface area contributed by atoms with Gasteiger partial charge in [-0.15, -0.1) is 0 Å². The fourth-order valence-electron chi connectivity index (χ4n) is 3.61. The molecular weight excluding hydrogens is 359 g/mol. The van der Waals surface area contributed by atoms with Crippen LogP contribution in [0.4, 0.5) is 10.3 Å². The highest BCUT2D eigenvalue weighted by atomic mass is 19.1. The Balaban J connectivity index is 1.53. The summed E-state index contributed by atoms with van der Waals surface area (Å²) in [4.78, 5) is 23.0. The van der Waals surface area contributed by atoms with E-state index in [0.717, 1.165) is 29.7 Å². The molecule has 1 atom stereocenters. The van der Waals surface area contributed by atoms with E-state index in [9.17, 15) is 9.18 Å². The zero-order valence-electron chi connectivity index (χ0n) is 15.5. The van der Waals surface area contributed by atoms with Crippen molar-refractivity contribution in [1.82, 2.24) is 25.1 Å². The second kappa shape index (κ2) is 7.75. The van der Waals surface area contributed by atoms with Crippen LogP contribution in [0.15, 0.2) is 42.9 Å². The second-order valence-electron chi connectivity index (χ2n) is 6.84. The highest BCUT2D eigenvalue weighted by Crippen LogP contribution is 2.33. The molecule has 144 valence electrons. The molecule has 1 amide bonds. The number of halogens is 1. The Morgan fingerprint density at radius 1 is 1.21 bits per heavy atom. The first-order chi connectivity index (χ1) is 13.7. The number of nitrogens with one attached hydrogen (secondary N) is 2. The quantitative estimate of drug-likeness (QED) is 0.726. The Labute approximate surface area is 162 Å². The topological polar surface area (TPSA) is 86.8 Å². The molecule has 2 N–H and O–H groups in total. The van der Waals surface area contributed by atoms with Crippen LogP contribution in [-0.4, -0.2) is 51.1 Å². The van der Waals surface area contributed by atoms with Gasteiger partial charge in [0.2, 0.25) is 5.95 Å². The van der Waals surface area contributed by atoms with Gasteiger partial charge in [-0.2, -0.15) is 5.10 Å². The third-order valence-electron chi connectivity index (χ3n) is 5.06. The van der Waals surface area contributed by atoms with Crippen LogP contribution < -0.4 is 5.32 Å². The van der Waals surface area contributed by atoms with Gasteiger partial charge in [-0.25, -0.2) is 14.4 Å².